The van der Waals surface area contributed by atoms with E-state index in [2.05, 4.69) is 0 Å². The second kappa shape index (κ2) is 9.43. The number of hydrogen-bond donors (Lipinski definition) is 2. The number of ether oxygens (including phenoxy) is 1. The quantitative estimate of drug-likeness (QED) is 0.299. The van der Waals surface area contributed by atoms with Crippen molar-refractivity contribution in [1.82, 2.24) is 0 Å². The van der Waals surface area contributed by atoms with Gasteiger partial charge in [-0.3, -0.25) is 9.59 Å². The topological polar surface area (TPSA) is 101 Å². The fourth-order valence-corrected chi connectivity index (χ4v) is 3.26. The number of carbonyl (C=O) groups is 3. The molecule has 6 nitrogen and oxygen atoms in total. The third kappa shape index (κ3) is 5.00. The lowest BCUT2D eigenvalue weighted by molar-refractivity contribution is -0.140. The predicted octanol–water partition coefficient (Wildman–Crippen LogP) is 4.52. The molecule has 1 atom stereocenters. The number of fused-ring (bicyclic) bond motifs is 1. The van der Waals surface area contributed by atoms with Gasteiger partial charge in [0.15, 0.2) is 11.6 Å². The molecule has 32 heavy (non-hydrogen) atoms. The summed E-state index contributed by atoms with van der Waals surface area (Å²) in [5, 5.41) is 20.1. The van der Waals surface area contributed by atoms with Crippen LogP contribution in [0.25, 0.3) is 6.08 Å². The summed E-state index contributed by atoms with van der Waals surface area (Å²) in [7, 11) is 0. The zero-order chi connectivity index (χ0) is 23.4. The number of ketones is 2. The van der Waals surface area contributed by atoms with Crippen molar-refractivity contribution in [2.24, 2.45) is 0 Å². The average Bonchev–Trinajstić information content (AvgIpc) is 2.74. The molecule has 0 spiro atoms. The molecule has 3 rings (SSSR count). The van der Waals surface area contributed by atoms with E-state index in [0.29, 0.717) is 5.56 Å². The van der Waals surface area contributed by atoms with Gasteiger partial charge in [-0.25, -0.2) is 9.18 Å². The van der Waals surface area contributed by atoms with Crippen LogP contribution in [0, 0.1) is 5.82 Å². The monoisotopic (exact) mass is 436 g/mol. The van der Waals surface area contributed by atoms with Gasteiger partial charge < -0.3 is 14.9 Å². The van der Waals surface area contributed by atoms with Crippen LogP contribution in [-0.4, -0.2) is 33.9 Å². The van der Waals surface area contributed by atoms with E-state index in [-0.39, 0.29) is 23.1 Å². The molecule has 2 N–H and O–H groups in total. The summed E-state index contributed by atoms with van der Waals surface area (Å²) >= 11 is 0. The van der Waals surface area contributed by atoms with Crippen LogP contribution in [0.3, 0.4) is 0 Å². The largest absolute Gasteiger partial charge is 0.507 e. The first-order valence-electron chi connectivity index (χ1n) is 9.80. The number of halogens is 1. The van der Waals surface area contributed by atoms with Gasteiger partial charge in [0.05, 0.1) is 11.1 Å². The molecule has 1 unspecified atom stereocenters. The third-order valence-corrected chi connectivity index (χ3v) is 4.79. The van der Waals surface area contributed by atoms with E-state index in [1.807, 2.05) is 13.8 Å². The molecule has 0 aromatic heterocycles. The standard InChI is InChI=1S/C25H21FO6/c1-14(2)6-10-21(32-22(30)11-7-15-4-3-5-16(26)12-15)17-13-20(29)23-18(27)8-9-19(28)24(23)25(17)31/h3-9,11-13,21,27-28H,10H2,1-2H3/b11-7+. The number of phenolic OH excluding ortho intramolecular Hbond substituents is 2. The van der Waals surface area contributed by atoms with Gasteiger partial charge in [0.2, 0.25) is 0 Å². The number of rotatable bonds is 6. The number of carbonyl (C=O) groups excluding carboxylic acids is 3. The van der Waals surface area contributed by atoms with Gasteiger partial charge >= 0.3 is 5.97 Å². The highest BCUT2D eigenvalue weighted by molar-refractivity contribution is 6.27. The molecule has 1 aliphatic rings. The maximum Gasteiger partial charge on any atom is 0.331 e. The summed E-state index contributed by atoms with van der Waals surface area (Å²) in [5.74, 6) is -3.55. The summed E-state index contributed by atoms with van der Waals surface area (Å²) in [4.78, 5) is 38.1. The Kier molecular flexibility index (Phi) is 6.68. The zero-order valence-corrected chi connectivity index (χ0v) is 17.5. The van der Waals surface area contributed by atoms with Gasteiger partial charge in [0.1, 0.15) is 23.4 Å². The van der Waals surface area contributed by atoms with E-state index < -0.39 is 41.0 Å². The second-order valence-electron chi connectivity index (χ2n) is 7.48. The summed E-state index contributed by atoms with van der Waals surface area (Å²) in [5.41, 5.74) is 0.601. The fourth-order valence-electron chi connectivity index (χ4n) is 3.26. The van der Waals surface area contributed by atoms with Gasteiger partial charge in [-0.05, 0) is 55.8 Å². The van der Waals surface area contributed by atoms with Gasteiger partial charge in [0.25, 0.3) is 0 Å². The number of Topliss-reactive ketones (excluding diaryl/α,β-unsaturated/α-hetero) is 1. The molecular formula is C25H21FO6. The van der Waals surface area contributed by atoms with Crippen LogP contribution < -0.4 is 0 Å². The minimum atomic E-state index is -1.11. The third-order valence-electron chi connectivity index (χ3n) is 4.79. The summed E-state index contributed by atoms with van der Waals surface area (Å²) in [6, 6.07) is 7.84. The first-order chi connectivity index (χ1) is 15.2. The maximum atomic E-state index is 13.3. The van der Waals surface area contributed by atoms with E-state index in [0.717, 1.165) is 29.9 Å². The first kappa shape index (κ1) is 22.7. The highest BCUT2D eigenvalue weighted by Crippen LogP contribution is 2.36. The molecule has 0 saturated carbocycles. The van der Waals surface area contributed by atoms with Crippen molar-refractivity contribution in [1.29, 1.82) is 0 Å². The van der Waals surface area contributed by atoms with E-state index in [1.165, 1.54) is 24.3 Å². The molecule has 7 heteroatoms. The van der Waals surface area contributed by atoms with E-state index in [9.17, 15) is 29.0 Å². The van der Waals surface area contributed by atoms with Crippen LogP contribution in [0.15, 0.2) is 65.8 Å². The van der Waals surface area contributed by atoms with E-state index in [1.54, 1.807) is 12.1 Å². The fraction of sp³-hybridized carbons (Fsp3) is 0.160. The molecule has 0 fully saturated rings. The lowest BCUT2D eigenvalue weighted by atomic mass is 9.85. The van der Waals surface area contributed by atoms with Gasteiger partial charge in [0, 0.05) is 18.1 Å². The van der Waals surface area contributed by atoms with Crippen molar-refractivity contribution in [3.8, 4) is 11.5 Å². The molecule has 0 heterocycles. The lowest BCUT2D eigenvalue weighted by Gasteiger charge is -2.23. The summed E-state index contributed by atoms with van der Waals surface area (Å²) in [6.45, 7) is 3.65. The first-order valence-corrected chi connectivity index (χ1v) is 9.80. The van der Waals surface area contributed by atoms with Crippen LogP contribution in [0.1, 0.15) is 46.5 Å². The van der Waals surface area contributed by atoms with Gasteiger partial charge in [-0.2, -0.15) is 0 Å². The van der Waals surface area contributed by atoms with Crippen molar-refractivity contribution in [3.63, 3.8) is 0 Å². The lowest BCUT2D eigenvalue weighted by Crippen LogP contribution is -2.28. The normalized spacial score (nSPS) is 14.0. The highest BCUT2D eigenvalue weighted by atomic mass is 19.1. The molecule has 0 radical (unpaired) electrons. The molecule has 2 aromatic carbocycles. The molecule has 1 aliphatic carbocycles. The molecule has 0 aliphatic heterocycles. The summed E-state index contributed by atoms with van der Waals surface area (Å²) in [6.07, 6.45) is 4.21. The molecule has 164 valence electrons. The SMILES string of the molecule is CC(C)=CCC(OC(=O)/C=C/c1cccc(F)c1)C1=CC(=O)c2c(O)ccc(O)c2C1=O. The Morgan fingerprint density at radius 2 is 1.78 bits per heavy atom. The minimum Gasteiger partial charge on any atom is -0.507 e. The molecular weight excluding hydrogens is 415 g/mol. The smallest absolute Gasteiger partial charge is 0.331 e. The van der Waals surface area contributed by atoms with Crippen LogP contribution in [0.2, 0.25) is 0 Å². The van der Waals surface area contributed by atoms with Crippen LogP contribution in [-0.2, 0) is 9.53 Å². The van der Waals surface area contributed by atoms with Crippen molar-refractivity contribution in [3.05, 3.63) is 88.3 Å². The van der Waals surface area contributed by atoms with Crippen LogP contribution in [0.5, 0.6) is 11.5 Å². The Hall–Kier alpha value is -4.00. The van der Waals surface area contributed by atoms with Crippen molar-refractivity contribution < 1.29 is 33.7 Å². The number of esters is 1. The molecule has 0 saturated heterocycles. The summed E-state index contributed by atoms with van der Waals surface area (Å²) < 4.78 is 18.8. The van der Waals surface area contributed by atoms with Crippen molar-refractivity contribution in [2.75, 3.05) is 0 Å². The Balaban J connectivity index is 1.91. The van der Waals surface area contributed by atoms with E-state index in [4.69, 9.17) is 4.74 Å². The zero-order valence-electron chi connectivity index (χ0n) is 17.5. The molecule has 0 amide bonds. The molecule has 2 aromatic rings. The van der Waals surface area contributed by atoms with Gasteiger partial charge in [-0.15, -0.1) is 0 Å². The average molecular weight is 436 g/mol. The van der Waals surface area contributed by atoms with Crippen LogP contribution >= 0.6 is 0 Å². The number of aromatic hydroxyl groups is 2. The Labute approximate surface area is 184 Å². The van der Waals surface area contributed by atoms with Crippen LogP contribution in [0.4, 0.5) is 4.39 Å². The number of phenols is 2. The maximum absolute atomic E-state index is 13.3. The molecule has 0 bridgehead atoms. The number of benzene rings is 2. The predicted molar refractivity (Wildman–Crippen MR) is 116 cm³/mol. The van der Waals surface area contributed by atoms with Crippen molar-refractivity contribution in [2.45, 2.75) is 26.4 Å². The Bertz CT molecular complexity index is 1180. The Morgan fingerprint density at radius 1 is 1.09 bits per heavy atom. The van der Waals surface area contributed by atoms with Crippen molar-refractivity contribution >= 4 is 23.6 Å². The Morgan fingerprint density at radius 3 is 2.44 bits per heavy atom. The minimum absolute atomic E-state index is 0.113. The number of hydrogen-bond acceptors (Lipinski definition) is 6. The van der Waals surface area contributed by atoms with Gasteiger partial charge in [-0.1, -0.05) is 23.8 Å². The second-order valence-corrected chi connectivity index (χ2v) is 7.48. The van der Waals surface area contributed by atoms with E-state index >= 15 is 0 Å². The number of allylic oxidation sites excluding steroid dienone is 2. The highest BCUT2D eigenvalue weighted by Gasteiger charge is 2.35.